The van der Waals surface area contributed by atoms with E-state index in [-0.39, 0.29) is 0 Å². The summed E-state index contributed by atoms with van der Waals surface area (Å²) in [6.07, 6.45) is -1.62. The molecule has 0 spiro atoms. The Labute approximate surface area is 136 Å². The topological polar surface area (TPSA) is 48.2 Å². The summed E-state index contributed by atoms with van der Waals surface area (Å²) in [5.74, 6) is 0.516. The molecular weight excluding hydrogens is 323 g/mol. The van der Waals surface area contributed by atoms with E-state index in [0.717, 1.165) is 17.0 Å². The van der Waals surface area contributed by atoms with Gasteiger partial charge in [-0.3, -0.25) is 10.3 Å². The molecule has 1 heterocycles. The summed E-state index contributed by atoms with van der Waals surface area (Å²) in [5, 5.41) is 13.2. The van der Waals surface area contributed by atoms with Gasteiger partial charge >= 0.3 is 6.18 Å². The number of aliphatic imine (C=N–C) groups is 1. The van der Waals surface area contributed by atoms with Gasteiger partial charge in [-0.25, -0.2) is 0 Å². The van der Waals surface area contributed by atoms with Crippen molar-refractivity contribution < 1.29 is 13.2 Å². The largest absolute Gasteiger partial charge is 0.416 e. The van der Waals surface area contributed by atoms with Gasteiger partial charge in [0.15, 0.2) is 6.19 Å². The fourth-order valence-electron chi connectivity index (χ4n) is 2.01. The van der Waals surface area contributed by atoms with Gasteiger partial charge in [0.05, 0.1) is 5.56 Å². The van der Waals surface area contributed by atoms with Gasteiger partial charge in [0.2, 0.25) is 0 Å². The summed E-state index contributed by atoms with van der Waals surface area (Å²) < 4.78 is 38.0. The van der Waals surface area contributed by atoms with Crippen molar-refractivity contribution in [3.8, 4) is 6.19 Å². The number of nitriles is 1. The molecule has 1 N–H and O–H groups in total. The maximum atomic E-state index is 12.7. The zero-order valence-electron chi connectivity index (χ0n) is 12.1. The molecule has 0 atom stereocenters. The first kappa shape index (κ1) is 17.0. The molecule has 0 amide bonds. The Morgan fingerprint density at radius 1 is 1.26 bits per heavy atom. The molecule has 0 fully saturated rings. The molecule has 3 nitrogen and oxygen atoms in total. The number of hydrogen-bond acceptors (Lipinski definition) is 3. The molecule has 2 rings (SSSR count). The highest BCUT2D eigenvalue weighted by atomic mass is 32.1. The number of nitrogens with one attached hydrogen (secondary N) is 1. The molecule has 0 radical (unpaired) electrons. The van der Waals surface area contributed by atoms with Crippen LogP contribution < -0.4 is 5.32 Å². The number of thiophene rings is 1. The number of halogens is 3. The van der Waals surface area contributed by atoms with E-state index in [1.54, 1.807) is 17.4 Å². The van der Waals surface area contributed by atoms with E-state index < -0.39 is 11.7 Å². The minimum absolute atomic E-state index is 0.316. The van der Waals surface area contributed by atoms with Crippen molar-refractivity contribution in [3.63, 3.8) is 0 Å². The summed E-state index contributed by atoms with van der Waals surface area (Å²) in [5.41, 5.74) is -0.0936. The van der Waals surface area contributed by atoms with Gasteiger partial charge in [0.25, 0.3) is 0 Å². The zero-order valence-corrected chi connectivity index (χ0v) is 12.9. The number of benzene rings is 1. The SMILES string of the molecule is N#CNC(Cc1cccs1)=NCCc1cccc(C(F)(F)F)c1. The summed E-state index contributed by atoms with van der Waals surface area (Å²) in [6.45, 7) is 0.316. The fourth-order valence-corrected chi connectivity index (χ4v) is 2.71. The Kier molecular flexibility index (Phi) is 5.77. The van der Waals surface area contributed by atoms with E-state index in [2.05, 4.69) is 10.3 Å². The molecule has 23 heavy (non-hydrogen) atoms. The van der Waals surface area contributed by atoms with Gasteiger partial charge in [-0.1, -0.05) is 24.3 Å². The Morgan fingerprint density at radius 2 is 2.09 bits per heavy atom. The van der Waals surface area contributed by atoms with Crippen molar-refractivity contribution in [2.24, 2.45) is 4.99 Å². The van der Waals surface area contributed by atoms with Crippen LogP contribution in [-0.2, 0) is 19.0 Å². The average molecular weight is 337 g/mol. The Morgan fingerprint density at radius 3 is 2.74 bits per heavy atom. The van der Waals surface area contributed by atoms with E-state index in [4.69, 9.17) is 5.26 Å². The van der Waals surface area contributed by atoms with Crippen molar-refractivity contribution in [1.82, 2.24) is 5.32 Å². The van der Waals surface area contributed by atoms with Crippen LogP contribution in [0.4, 0.5) is 13.2 Å². The van der Waals surface area contributed by atoms with Crippen molar-refractivity contribution in [3.05, 3.63) is 57.8 Å². The first-order chi connectivity index (χ1) is 11.0. The Balaban J connectivity index is 1.99. The molecule has 0 aliphatic heterocycles. The molecule has 0 aliphatic carbocycles. The van der Waals surface area contributed by atoms with Crippen LogP contribution in [0.5, 0.6) is 0 Å². The fraction of sp³-hybridized carbons (Fsp3) is 0.250. The van der Waals surface area contributed by atoms with Gasteiger partial charge in [-0.2, -0.15) is 18.4 Å². The normalized spacial score (nSPS) is 12.0. The lowest BCUT2D eigenvalue weighted by Gasteiger charge is -2.08. The summed E-state index contributed by atoms with van der Waals surface area (Å²) >= 11 is 1.56. The summed E-state index contributed by atoms with van der Waals surface area (Å²) in [4.78, 5) is 5.34. The third kappa shape index (κ3) is 5.42. The second-order valence-electron chi connectivity index (χ2n) is 4.77. The summed E-state index contributed by atoms with van der Waals surface area (Å²) in [7, 11) is 0. The lowest BCUT2D eigenvalue weighted by Crippen LogP contribution is -2.20. The maximum absolute atomic E-state index is 12.7. The van der Waals surface area contributed by atoms with Gasteiger partial charge in [-0.15, -0.1) is 11.3 Å². The van der Waals surface area contributed by atoms with Gasteiger partial charge in [-0.05, 0) is 29.5 Å². The molecule has 0 saturated carbocycles. The smallest absolute Gasteiger partial charge is 0.280 e. The number of alkyl halides is 3. The van der Waals surface area contributed by atoms with Crippen molar-refractivity contribution in [2.75, 3.05) is 6.54 Å². The number of amidine groups is 1. The molecule has 120 valence electrons. The number of rotatable bonds is 5. The van der Waals surface area contributed by atoms with E-state index in [9.17, 15) is 13.2 Å². The van der Waals surface area contributed by atoms with Crippen molar-refractivity contribution >= 4 is 17.2 Å². The van der Waals surface area contributed by atoms with Crippen molar-refractivity contribution in [2.45, 2.75) is 19.0 Å². The minimum atomic E-state index is -4.34. The van der Waals surface area contributed by atoms with E-state index in [1.807, 2.05) is 23.7 Å². The van der Waals surface area contributed by atoms with Gasteiger partial charge < -0.3 is 0 Å². The van der Waals surface area contributed by atoms with Crippen LogP contribution in [0.2, 0.25) is 0 Å². The Bertz CT molecular complexity index is 700. The predicted molar refractivity (Wildman–Crippen MR) is 84.2 cm³/mol. The van der Waals surface area contributed by atoms with E-state index in [1.165, 1.54) is 6.07 Å². The average Bonchev–Trinajstić information content (AvgIpc) is 3.00. The van der Waals surface area contributed by atoms with Gasteiger partial charge in [0.1, 0.15) is 5.84 Å². The maximum Gasteiger partial charge on any atom is 0.416 e. The van der Waals surface area contributed by atoms with Crippen LogP contribution in [0.1, 0.15) is 16.0 Å². The zero-order chi connectivity index (χ0) is 16.7. The molecule has 1 aromatic carbocycles. The highest BCUT2D eigenvalue weighted by molar-refractivity contribution is 7.10. The summed E-state index contributed by atoms with van der Waals surface area (Å²) in [6, 6.07) is 9.06. The highest BCUT2D eigenvalue weighted by Crippen LogP contribution is 2.29. The van der Waals surface area contributed by atoms with E-state index >= 15 is 0 Å². The lowest BCUT2D eigenvalue weighted by molar-refractivity contribution is -0.137. The third-order valence-electron chi connectivity index (χ3n) is 3.08. The molecule has 1 aromatic heterocycles. The first-order valence-corrected chi connectivity index (χ1v) is 7.74. The van der Waals surface area contributed by atoms with Crippen LogP contribution in [0.25, 0.3) is 0 Å². The molecule has 7 heteroatoms. The lowest BCUT2D eigenvalue weighted by atomic mass is 10.1. The molecule has 0 bridgehead atoms. The molecule has 0 aliphatic rings. The predicted octanol–water partition coefficient (Wildman–Crippen LogP) is 4.02. The molecule has 2 aromatic rings. The van der Waals surface area contributed by atoms with Crippen LogP contribution >= 0.6 is 11.3 Å². The van der Waals surface area contributed by atoms with Crippen LogP contribution in [0.3, 0.4) is 0 Å². The monoisotopic (exact) mass is 337 g/mol. The first-order valence-electron chi connectivity index (χ1n) is 6.86. The van der Waals surface area contributed by atoms with Crippen LogP contribution in [0, 0.1) is 11.5 Å². The highest BCUT2D eigenvalue weighted by Gasteiger charge is 2.30. The van der Waals surface area contributed by atoms with E-state index in [0.29, 0.717) is 30.8 Å². The Hall–Kier alpha value is -2.33. The quantitative estimate of drug-likeness (QED) is 0.388. The standard InChI is InChI=1S/C16H14F3N3S/c17-16(18,19)13-4-1-3-12(9-13)6-7-21-15(22-11-20)10-14-5-2-8-23-14/h1-5,8-9H,6-7,10H2,(H,21,22). The number of hydrogen-bond donors (Lipinski definition) is 1. The minimum Gasteiger partial charge on any atom is -0.280 e. The molecule has 0 unspecified atom stereocenters. The van der Waals surface area contributed by atoms with Crippen LogP contribution in [0.15, 0.2) is 46.8 Å². The molecule has 0 saturated heterocycles. The number of nitrogens with zero attached hydrogens (tertiary/aromatic N) is 2. The third-order valence-corrected chi connectivity index (χ3v) is 3.96. The van der Waals surface area contributed by atoms with Crippen LogP contribution in [-0.4, -0.2) is 12.4 Å². The molecular formula is C16H14F3N3S. The second-order valence-corrected chi connectivity index (χ2v) is 5.80. The van der Waals surface area contributed by atoms with Gasteiger partial charge in [0, 0.05) is 17.8 Å². The van der Waals surface area contributed by atoms with Crippen molar-refractivity contribution in [1.29, 1.82) is 5.26 Å². The second kappa shape index (κ2) is 7.79.